The third-order valence-electron chi connectivity index (χ3n) is 2.29. The summed E-state index contributed by atoms with van der Waals surface area (Å²) in [7, 11) is 0. The van der Waals surface area contributed by atoms with Crippen LogP contribution in [-0.2, 0) is 11.5 Å². The van der Waals surface area contributed by atoms with Crippen molar-refractivity contribution < 1.29 is 18.3 Å². The number of halogens is 3. The third kappa shape index (κ3) is 2.36. The van der Waals surface area contributed by atoms with Crippen LogP contribution in [0.5, 0.6) is 0 Å². The van der Waals surface area contributed by atoms with Gasteiger partial charge in [0, 0.05) is 11.1 Å². The predicted octanol–water partition coefficient (Wildman–Crippen LogP) is 2.10. The number of nitrogens with two attached hydrogens (primary N) is 1. The molecule has 1 aromatic carbocycles. The van der Waals surface area contributed by atoms with E-state index in [1.165, 1.54) is 26.0 Å². The summed E-state index contributed by atoms with van der Waals surface area (Å²) >= 11 is 0. The molecule has 0 amide bonds. The molecule has 0 heterocycles. The summed E-state index contributed by atoms with van der Waals surface area (Å²) in [5, 5.41) is 8.52. The van der Waals surface area contributed by atoms with Crippen molar-refractivity contribution in [3.63, 3.8) is 0 Å². The first-order chi connectivity index (χ1) is 7.20. The van der Waals surface area contributed by atoms with E-state index in [0.717, 1.165) is 6.07 Å². The molecule has 0 saturated heterocycles. The SMILES string of the molecule is CC(C)(N)c1cccc(C(F)(F)CO)c1F. The molecule has 0 aliphatic heterocycles. The van der Waals surface area contributed by atoms with Crippen molar-refractivity contribution in [2.75, 3.05) is 6.61 Å². The average molecular weight is 233 g/mol. The van der Waals surface area contributed by atoms with Crippen molar-refractivity contribution in [3.8, 4) is 0 Å². The molecule has 0 aliphatic rings. The van der Waals surface area contributed by atoms with E-state index in [1.54, 1.807) is 0 Å². The highest BCUT2D eigenvalue weighted by atomic mass is 19.3. The van der Waals surface area contributed by atoms with E-state index in [1.807, 2.05) is 0 Å². The Morgan fingerprint density at radius 1 is 1.25 bits per heavy atom. The number of aliphatic hydroxyl groups excluding tert-OH is 1. The highest BCUT2D eigenvalue weighted by Crippen LogP contribution is 2.33. The van der Waals surface area contributed by atoms with Crippen molar-refractivity contribution in [1.29, 1.82) is 0 Å². The van der Waals surface area contributed by atoms with E-state index in [2.05, 4.69) is 0 Å². The molecule has 90 valence electrons. The van der Waals surface area contributed by atoms with Crippen molar-refractivity contribution in [3.05, 3.63) is 35.1 Å². The lowest BCUT2D eigenvalue weighted by atomic mass is 9.92. The summed E-state index contributed by atoms with van der Waals surface area (Å²) in [5.74, 6) is -4.65. The number of benzene rings is 1. The van der Waals surface area contributed by atoms with Crippen molar-refractivity contribution in [2.45, 2.75) is 25.3 Å². The molecule has 0 unspecified atom stereocenters. The molecule has 0 spiro atoms. The van der Waals surface area contributed by atoms with Crippen LogP contribution in [0.1, 0.15) is 25.0 Å². The smallest absolute Gasteiger partial charge is 0.298 e. The molecular formula is C11H14F3NO. The van der Waals surface area contributed by atoms with Crippen LogP contribution in [0.4, 0.5) is 13.2 Å². The maximum absolute atomic E-state index is 13.8. The van der Waals surface area contributed by atoms with Gasteiger partial charge < -0.3 is 10.8 Å². The predicted molar refractivity (Wildman–Crippen MR) is 54.6 cm³/mol. The summed E-state index contributed by atoms with van der Waals surface area (Å²) < 4.78 is 40.1. The van der Waals surface area contributed by atoms with Gasteiger partial charge in [-0.2, -0.15) is 8.78 Å². The van der Waals surface area contributed by atoms with Crippen LogP contribution in [0.25, 0.3) is 0 Å². The van der Waals surface area contributed by atoms with Crippen LogP contribution < -0.4 is 5.73 Å². The summed E-state index contributed by atoms with van der Waals surface area (Å²) in [6, 6.07) is 3.60. The molecule has 1 rings (SSSR count). The maximum atomic E-state index is 13.8. The van der Waals surface area contributed by atoms with Gasteiger partial charge in [-0.3, -0.25) is 0 Å². The largest absolute Gasteiger partial charge is 0.390 e. The van der Waals surface area contributed by atoms with Crippen LogP contribution in [-0.4, -0.2) is 11.7 Å². The van der Waals surface area contributed by atoms with Gasteiger partial charge in [0.15, 0.2) is 0 Å². The molecule has 0 aromatic heterocycles. The number of aliphatic hydroxyl groups is 1. The van der Waals surface area contributed by atoms with Crippen LogP contribution in [0.2, 0.25) is 0 Å². The van der Waals surface area contributed by atoms with Gasteiger partial charge in [-0.1, -0.05) is 12.1 Å². The van der Waals surface area contributed by atoms with Crippen LogP contribution in [0.3, 0.4) is 0 Å². The highest BCUT2D eigenvalue weighted by molar-refractivity contribution is 5.33. The molecule has 0 atom stereocenters. The van der Waals surface area contributed by atoms with E-state index >= 15 is 0 Å². The Labute approximate surface area is 91.9 Å². The molecule has 3 N–H and O–H groups in total. The second kappa shape index (κ2) is 4.07. The highest BCUT2D eigenvalue weighted by Gasteiger charge is 2.35. The lowest BCUT2D eigenvalue weighted by Crippen LogP contribution is -2.31. The first-order valence-electron chi connectivity index (χ1n) is 4.77. The zero-order valence-corrected chi connectivity index (χ0v) is 9.10. The molecule has 16 heavy (non-hydrogen) atoms. The van der Waals surface area contributed by atoms with Gasteiger partial charge in [0.05, 0.1) is 5.56 Å². The summed E-state index contributed by atoms with van der Waals surface area (Å²) in [5.41, 5.74) is 3.78. The minimum Gasteiger partial charge on any atom is -0.390 e. The summed E-state index contributed by atoms with van der Waals surface area (Å²) in [6.45, 7) is 1.61. The summed E-state index contributed by atoms with van der Waals surface area (Å²) in [4.78, 5) is 0. The molecule has 5 heteroatoms. The van der Waals surface area contributed by atoms with Gasteiger partial charge in [-0.05, 0) is 19.9 Å². The van der Waals surface area contributed by atoms with E-state index in [-0.39, 0.29) is 5.56 Å². The Hall–Kier alpha value is -1.07. The Bertz CT molecular complexity index is 385. The van der Waals surface area contributed by atoms with Gasteiger partial charge >= 0.3 is 0 Å². The van der Waals surface area contributed by atoms with Crippen LogP contribution in [0, 0.1) is 5.82 Å². The van der Waals surface area contributed by atoms with Gasteiger partial charge in [0.25, 0.3) is 5.92 Å². The van der Waals surface area contributed by atoms with Crippen LogP contribution in [0.15, 0.2) is 18.2 Å². The first-order valence-corrected chi connectivity index (χ1v) is 4.77. The van der Waals surface area contributed by atoms with E-state index in [9.17, 15) is 13.2 Å². The third-order valence-corrected chi connectivity index (χ3v) is 2.29. The van der Waals surface area contributed by atoms with E-state index in [4.69, 9.17) is 10.8 Å². The fourth-order valence-corrected chi connectivity index (χ4v) is 1.40. The van der Waals surface area contributed by atoms with Crippen LogP contribution >= 0.6 is 0 Å². The van der Waals surface area contributed by atoms with Crippen molar-refractivity contribution in [1.82, 2.24) is 0 Å². The molecule has 0 aliphatic carbocycles. The molecule has 0 fully saturated rings. The van der Waals surface area contributed by atoms with Gasteiger partial charge in [-0.15, -0.1) is 0 Å². The van der Waals surface area contributed by atoms with Crippen molar-refractivity contribution >= 4 is 0 Å². The number of alkyl halides is 2. The molecule has 0 bridgehead atoms. The van der Waals surface area contributed by atoms with E-state index in [0.29, 0.717) is 0 Å². The first kappa shape index (κ1) is 13.0. The standard InChI is InChI=1S/C11H14F3NO/c1-10(2,15)7-4-3-5-8(9(7)12)11(13,14)6-16/h3-5,16H,6,15H2,1-2H3. The minimum absolute atomic E-state index is 0.00174. The lowest BCUT2D eigenvalue weighted by molar-refractivity contribution is -0.0584. The Balaban J connectivity index is 3.36. The second-order valence-electron chi connectivity index (χ2n) is 4.25. The minimum atomic E-state index is -3.59. The maximum Gasteiger partial charge on any atom is 0.298 e. The van der Waals surface area contributed by atoms with Gasteiger partial charge in [0.1, 0.15) is 12.4 Å². The molecule has 0 saturated carbocycles. The average Bonchev–Trinajstić information content (AvgIpc) is 2.16. The monoisotopic (exact) mass is 233 g/mol. The second-order valence-corrected chi connectivity index (χ2v) is 4.25. The summed E-state index contributed by atoms with van der Waals surface area (Å²) in [6.07, 6.45) is 0. The number of rotatable bonds is 3. The number of hydrogen-bond donors (Lipinski definition) is 2. The fraction of sp³-hybridized carbons (Fsp3) is 0.455. The molecule has 1 aromatic rings. The Morgan fingerprint density at radius 3 is 2.19 bits per heavy atom. The van der Waals surface area contributed by atoms with E-state index < -0.39 is 29.4 Å². The van der Waals surface area contributed by atoms with Crippen molar-refractivity contribution in [2.24, 2.45) is 5.73 Å². The quantitative estimate of drug-likeness (QED) is 0.839. The Kier molecular flexibility index (Phi) is 3.30. The zero-order valence-electron chi connectivity index (χ0n) is 9.10. The topological polar surface area (TPSA) is 46.2 Å². The lowest BCUT2D eigenvalue weighted by Gasteiger charge is -2.23. The molecular weight excluding hydrogens is 219 g/mol. The van der Waals surface area contributed by atoms with Gasteiger partial charge in [0.2, 0.25) is 0 Å². The molecule has 2 nitrogen and oxygen atoms in total. The number of hydrogen-bond acceptors (Lipinski definition) is 2. The Morgan fingerprint density at radius 2 is 1.75 bits per heavy atom. The normalized spacial score (nSPS) is 12.9. The fourth-order valence-electron chi connectivity index (χ4n) is 1.40. The van der Waals surface area contributed by atoms with Gasteiger partial charge in [-0.25, -0.2) is 4.39 Å². The molecule has 0 radical (unpaired) electrons. The zero-order chi connectivity index (χ0) is 12.6.